The van der Waals surface area contributed by atoms with Gasteiger partial charge in [-0.1, -0.05) is 30.3 Å². The molecule has 1 unspecified atom stereocenters. The molecule has 0 saturated heterocycles. The molecular weight excluding hydrogens is 236 g/mol. The lowest BCUT2D eigenvalue weighted by Gasteiger charge is -2.29. The fourth-order valence-electron chi connectivity index (χ4n) is 1.57. The first-order chi connectivity index (χ1) is 8.56. The summed E-state index contributed by atoms with van der Waals surface area (Å²) in [6.45, 7) is -0.780. The quantitative estimate of drug-likeness (QED) is 0.571. The van der Waals surface area contributed by atoms with Crippen LogP contribution < -0.4 is 11.1 Å². The smallest absolute Gasteiger partial charge is 0.319 e. The summed E-state index contributed by atoms with van der Waals surface area (Å²) >= 11 is 0. The lowest BCUT2D eigenvalue weighted by atomic mass is 9.90. The molecule has 1 aromatic carbocycles. The van der Waals surface area contributed by atoms with Gasteiger partial charge in [0.25, 0.3) is 0 Å². The number of hydrogen-bond donors (Lipinski definition) is 3. The zero-order valence-electron chi connectivity index (χ0n) is 10.1. The minimum atomic E-state index is -1.49. The predicted molar refractivity (Wildman–Crippen MR) is 64.4 cm³/mol. The molecule has 1 amide bonds. The number of esters is 1. The van der Waals surface area contributed by atoms with Crippen LogP contribution in [0.15, 0.2) is 30.3 Å². The Morgan fingerprint density at radius 1 is 1.39 bits per heavy atom. The molecule has 0 aliphatic heterocycles. The van der Waals surface area contributed by atoms with Crippen molar-refractivity contribution in [1.82, 2.24) is 5.32 Å². The third-order valence-corrected chi connectivity index (χ3v) is 2.69. The van der Waals surface area contributed by atoms with Gasteiger partial charge in [0.1, 0.15) is 5.54 Å². The van der Waals surface area contributed by atoms with Crippen molar-refractivity contribution in [1.29, 1.82) is 0 Å². The molecule has 18 heavy (non-hydrogen) atoms. The standard InChI is InChI=1S/C12H16N2O4/c1-18-10(16)7-14-12(8-15,11(13)17)9-5-3-2-4-6-9/h2-6,14-15H,7-8H2,1H3,(H2,13,17). The number of nitrogens with one attached hydrogen (secondary N) is 1. The molecule has 0 bridgehead atoms. The second kappa shape index (κ2) is 6.13. The van der Waals surface area contributed by atoms with E-state index < -0.39 is 24.0 Å². The Bertz CT molecular complexity index is 421. The number of aliphatic hydroxyl groups is 1. The van der Waals surface area contributed by atoms with Gasteiger partial charge >= 0.3 is 5.97 Å². The Kier molecular flexibility index (Phi) is 4.82. The third kappa shape index (κ3) is 2.85. The summed E-state index contributed by atoms with van der Waals surface area (Å²) in [5.41, 5.74) is 4.33. The number of rotatable bonds is 6. The molecule has 1 rings (SSSR count). The summed E-state index contributed by atoms with van der Waals surface area (Å²) in [5.74, 6) is -1.31. The van der Waals surface area contributed by atoms with Gasteiger partial charge in [-0.3, -0.25) is 14.9 Å². The van der Waals surface area contributed by atoms with Crippen molar-refractivity contribution >= 4 is 11.9 Å². The van der Waals surface area contributed by atoms with Crippen LogP contribution in [0, 0.1) is 0 Å². The van der Waals surface area contributed by atoms with Crippen molar-refractivity contribution in [3.8, 4) is 0 Å². The van der Waals surface area contributed by atoms with Crippen molar-refractivity contribution in [2.75, 3.05) is 20.3 Å². The monoisotopic (exact) mass is 252 g/mol. The summed E-state index contributed by atoms with van der Waals surface area (Å²) in [4.78, 5) is 22.7. The Morgan fingerprint density at radius 3 is 2.44 bits per heavy atom. The number of ether oxygens (including phenoxy) is 1. The molecule has 0 radical (unpaired) electrons. The molecule has 6 heteroatoms. The first-order valence-electron chi connectivity index (χ1n) is 5.35. The van der Waals surface area contributed by atoms with Crippen molar-refractivity contribution in [3.63, 3.8) is 0 Å². The van der Waals surface area contributed by atoms with E-state index in [0.29, 0.717) is 5.56 Å². The largest absolute Gasteiger partial charge is 0.468 e. The van der Waals surface area contributed by atoms with Crippen LogP contribution in [0.25, 0.3) is 0 Å². The average Bonchev–Trinajstić information content (AvgIpc) is 2.40. The molecule has 0 aliphatic rings. The van der Waals surface area contributed by atoms with Gasteiger partial charge in [0.15, 0.2) is 0 Å². The fraction of sp³-hybridized carbons (Fsp3) is 0.333. The van der Waals surface area contributed by atoms with E-state index in [4.69, 9.17) is 5.73 Å². The van der Waals surface area contributed by atoms with Gasteiger partial charge in [-0.2, -0.15) is 0 Å². The van der Waals surface area contributed by atoms with Crippen molar-refractivity contribution in [3.05, 3.63) is 35.9 Å². The molecule has 0 aliphatic carbocycles. The molecule has 6 nitrogen and oxygen atoms in total. The summed E-state index contributed by atoms with van der Waals surface area (Å²) < 4.78 is 4.47. The highest BCUT2D eigenvalue weighted by Crippen LogP contribution is 2.20. The van der Waals surface area contributed by atoms with E-state index in [1.807, 2.05) is 0 Å². The SMILES string of the molecule is COC(=O)CNC(CO)(C(N)=O)c1ccccc1. The van der Waals surface area contributed by atoms with Gasteiger partial charge in [0, 0.05) is 0 Å². The maximum atomic E-state index is 11.6. The van der Waals surface area contributed by atoms with E-state index in [0.717, 1.165) is 0 Å². The molecule has 98 valence electrons. The number of primary amides is 1. The van der Waals surface area contributed by atoms with E-state index >= 15 is 0 Å². The fourth-order valence-corrected chi connectivity index (χ4v) is 1.57. The van der Waals surface area contributed by atoms with E-state index in [2.05, 4.69) is 10.1 Å². The number of amides is 1. The van der Waals surface area contributed by atoms with Crippen LogP contribution in [-0.4, -0.2) is 37.2 Å². The number of methoxy groups -OCH3 is 1. The lowest BCUT2D eigenvalue weighted by Crippen LogP contribution is -2.56. The van der Waals surface area contributed by atoms with Gasteiger partial charge in [-0.25, -0.2) is 0 Å². The van der Waals surface area contributed by atoms with E-state index in [9.17, 15) is 14.7 Å². The minimum absolute atomic E-state index is 0.227. The summed E-state index contributed by atoms with van der Waals surface area (Å²) in [6.07, 6.45) is 0. The van der Waals surface area contributed by atoms with Gasteiger partial charge in [-0.05, 0) is 5.56 Å². The second-order valence-electron chi connectivity index (χ2n) is 3.72. The number of carbonyl (C=O) groups excluding carboxylic acids is 2. The highest BCUT2D eigenvalue weighted by molar-refractivity contribution is 5.87. The van der Waals surface area contributed by atoms with Crippen molar-refractivity contribution in [2.24, 2.45) is 5.73 Å². The van der Waals surface area contributed by atoms with Gasteiger partial charge < -0.3 is 15.6 Å². The van der Waals surface area contributed by atoms with Crippen molar-refractivity contribution in [2.45, 2.75) is 5.54 Å². The van der Waals surface area contributed by atoms with Crippen LogP contribution in [0.4, 0.5) is 0 Å². The van der Waals surface area contributed by atoms with Gasteiger partial charge in [0.05, 0.1) is 20.3 Å². The molecule has 1 aromatic rings. The van der Waals surface area contributed by atoms with Crippen molar-refractivity contribution < 1.29 is 19.4 Å². The van der Waals surface area contributed by atoms with Crippen LogP contribution >= 0.6 is 0 Å². The molecule has 0 heterocycles. The predicted octanol–water partition coefficient (Wildman–Crippen LogP) is -0.878. The number of nitrogens with two attached hydrogens (primary N) is 1. The number of hydrogen-bond acceptors (Lipinski definition) is 5. The van der Waals surface area contributed by atoms with E-state index in [1.165, 1.54) is 7.11 Å². The molecule has 1 atom stereocenters. The van der Waals surface area contributed by atoms with Gasteiger partial charge in [-0.15, -0.1) is 0 Å². The molecule has 0 fully saturated rings. The third-order valence-electron chi connectivity index (χ3n) is 2.69. The molecule has 4 N–H and O–H groups in total. The van der Waals surface area contributed by atoms with Crippen LogP contribution in [-0.2, 0) is 19.9 Å². The minimum Gasteiger partial charge on any atom is -0.468 e. The Hall–Kier alpha value is -1.92. The average molecular weight is 252 g/mol. The summed E-state index contributed by atoms with van der Waals surface area (Å²) in [7, 11) is 1.23. The van der Waals surface area contributed by atoms with Crippen LogP contribution in [0.2, 0.25) is 0 Å². The van der Waals surface area contributed by atoms with Crippen LogP contribution in [0.3, 0.4) is 0 Å². The maximum absolute atomic E-state index is 11.6. The Morgan fingerprint density at radius 2 is 2.00 bits per heavy atom. The highest BCUT2D eigenvalue weighted by atomic mass is 16.5. The maximum Gasteiger partial charge on any atom is 0.319 e. The first-order valence-corrected chi connectivity index (χ1v) is 5.35. The van der Waals surface area contributed by atoms with Crippen LogP contribution in [0.1, 0.15) is 5.56 Å². The molecule has 0 spiro atoms. The van der Waals surface area contributed by atoms with Crippen LogP contribution in [0.5, 0.6) is 0 Å². The normalized spacial score (nSPS) is 13.7. The zero-order valence-corrected chi connectivity index (χ0v) is 10.1. The van der Waals surface area contributed by atoms with Gasteiger partial charge in [0.2, 0.25) is 5.91 Å². The number of carbonyl (C=O) groups is 2. The molecular formula is C12H16N2O4. The second-order valence-corrected chi connectivity index (χ2v) is 3.72. The lowest BCUT2D eigenvalue weighted by molar-refractivity contribution is -0.140. The highest BCUT2D eigenvalue weighted by Gasteiger charge is 2.38. The molecule has 0 saturated carbocycles. The summed E-state index contributed by atoms with van der Waals surface area (Å²) in [6, 6.07) is 8.48. The number of aliphatic hydroxyl groups excluding tert-OH is 1. The topological polar surface area (TPSA) is 102 Å². The van der Waals surface area contributed by atoms with E-state index in [-0.39, 0.29) is 6.54 Å². The zero-order chi connectivity index (χ0) is 13.6. The van der Waals surface area contributed by atoms with E-state index in [1.54, 1.807) is 30.3 Å². The summed E-state index contributed by atoms with van der Waals surface area (Å²) in [5, 5.41) is 12.1. The number of benzene rings is 1. The first kappa shape index (κ1) is 14.1. The Labute approximate surface area is 105 Å². The Balaban J connectivity index is 3.03. The molecule has 0 aromatic heterocycles.